The molecule has 1 aliphatic rings. The van der Waals surface area contributed by atoms with Gasteiger partial charge in [-0.2, -0.15) is 0 Å². The molecule has 0 radical (unpaired) electrons. The van der Waals surface area contributed by atoms with Crippen LogP contribution in [0.4, 0.5) is 4.79 Å². The summed E-state index contributed by atoms with van der Waals surface area (Å²) in [7, 11) is 0. The smallest absolute Gasteiger partial charge is 0.408 e. The summed E-state index contributed by atoms with van der Waals surface area (Å²) in [5.41, 5.74) is 1.66. The SMILES string of the molecule is CC(C)(C)OC(=O)NC(C(=O)O)C1Cc2ccccc2C1. The van der Waals surface area contributed by atoms with Crippen molar-refractivity contribution >= 4 is 12.1 Å². The van der Waals surface area contributed by atoms with Gasteiger partial charge < -0.3 is 15.2 Å². The zero-order chi connectivity index (χ0) is 15.6. The molecule has 1 amide bonds. The van der Waals surface area contributed by atoms with Crippen molar-refractivity contribution in [3.63, 3.8) is 0 Å². The lowest BCUT2D eigenvalue weighted by atomic mass is 9.97. The number of hydrogen-bond donors (Lipinski definition) is 2. The van der Waals surface area contributed by atoms with Crippen LogP contribution in [0.1, 0.15) is 31.9 Å². The van der Waals surface area contributed by atoms with E-state index in [-0.39, 0.29) is 5.92 Å². The fraction of sp³-hybridized carbons (Fsp3) is 0.500. The number of fused-ring (bicyclic) bond motifs is 1. The van der Waals surface area contributed by atoms with E-state index in [1.165, 1.54) is 0 Å². The Bertz CT molecular complexity index is 522. The van der Waals surface area contributed by atoms with Crippen LogP contribution in [0.5, 0.6) is 0 Å². The highest BCUT2D eigenvalue weighted by Crippen LogP contribution is 2.29. The summed E-state index contributed by atoms with van der Waals surface area (Å²) in [4.78, 5) is 23.3. The van der Waals surface area contributed by atoms with Crippen molar-refractivity contribution in [3.8, 4) is 0 Å². The van der Waals surface area contributed by atoms with Gasteiger partial charge >= 0.3 is 12.1 Å². The van der Waals surface area contributed by atoms with E-state index in [0.29, 0.717) is 12.8 Å². The fourth-order valence-electron chi connectivity index (χ4n) is 2.64. The maximum absolute atomic E-state index is 11.8. The number of carboxylic acid groups (broad SMARTS) is 1. The van der Waals surface area contributed by atoms with Gasteiger partial charge in [0.05, 0.1) is 0 Å². The minimum Gasteiger partial charge on any atom is -0.480 e. The highest BCUT2D eigenvalue weighted by atomic mass is 16.6. The van der Waals surface area contributed by atoms with Gasteiger partial charge in [0.1, 0.15) is 11.6 Å². The molecule has 0 saturated heterocycles. The third-order valence-electron chi connectivity index (χ3n) is 3.49. The number of rotatable bonds is 3. The van der Waals surface area contributed by atoms with Crippen LogP contribution in [0.2, 0.25) is 0 Å². The van der Waals surface area contributed by atoms with Crippen molar-refractivity contribution in [2.24, 2.45) is 5.92 Å². The Morgan fingerprint density at radius 2 is 1.76 bits per heavy atom. The van der Waals surface area contributed by atoms with E-state index >= 15 is 0 Å². The number of ether oxygens (including phenoxy) is 1. The Balaban J connectivity index is 2.05. The van der Waals surface area contributed by atoms with Crippen LogP contribution in [-0.2, 0) is 22.4 Å². The first kappa shape index (κ1) is 15.4. The molecule has 0 spiro atoms. The monoisotopic (exact) mass is 291 g/mol. The van der Waals surface area contributed by atoms with Crippen LogP contribution in [-0.4, -0.2) is 28.8 Å². The van der Waals surface area contributed by atoms with Crippen LogP contribution in [0, 0.1) is 5.92 Å². The van der Waals surface area contributed by atoms with Crippen molar-refractivity contribution in [1.29, 1.82) is 0 Å². The average molecular weight is 291 g/mol. The zero-order valence-electron chi connectivity index (χ0n) is 12.6. The Hall–Kier alpha value is -2.04. The number of aliphatic carboxylic acids is 1. The van der Waals surface area contributed by atoms with Crippen LogP contribution in [0.3, 0.4) is 0 Å². The van der Waals surface area contributed by atoms with Crippen molar-refractivity contribution in [1.82, 2.24) is 5.32 Å². The van der Waals surface area contributed by atoms with E-state index < -0.39 is 23.7 Å². The van der Waals surface area contributed by atoms with Gasteiger partial charge in [-0.3, -0.25) is 0 Å². The van der Waals surface area contributed by atoms with Gasteiger partial charge in [-0.15, -0.1) is 0 Å². The lowest BCUT2D eigenvalue weighted by Gasteiger charge is -2.24. The summed E-state index contributed by atoms with van der Waals surface area (Å²) in [5.74, 6) is -1.17. The lowest BCUT2D eigenvalue weighted by molar-refractivity contribution is -0.140. The molecule has 1 aliphatic carbocycles. The molecule has 2 rings (SSSR count). The molecular weight excluding hydrogens is 270 g/mol. The normalized spacial score (nSPS) is 16.1. The molecule has 1 unspecified atom stereocenters. The van der Waals surface area contributed by atoms with Gasteiger partial charge in [0.15, 0.2) is 0 Å². The first-order chi connectivity index (χ1) is 9.76. The number of nitrogens with one attached hydrogen (secondary N) is 1. The van der Waals surface area contributed by atoms with E-state index in [1.54, 1.807) is 20.8 Å². The number of benzene rings is 1. The quantitative estimate of drug-likeness (QED) is 0.896. The molecule has 0 saturated carbocycles. The third kappa shape index (κ3) is 3.97. The molecule has 0 aliphatic heterocycles. The van der Waals surface area contributed by atoms with Gasteiger partial charge in [-0.05, 0) is 50.7 Å². The standard InChI is InChI=1S/C16H21NO4/c1-16(2,3)21-15(20)17-13(14(18)19)12-8-10-6-4-5-7-11(10)9-12/h4-7,12-13H,8-9H2,1-3H3,(H,17,20)(H,18,19). The van der Waals surface area contributed by atoms with E-state index in [0.717, 1.165) is 11.1 Å². The first-order valence-corrected chi connectivity index (χ1v) is 7.05. The minimum absolute atomic E-state index is 0.146. The van der Waals surface area contributed by atoms with E-state index in [9.17, 15) is 14.7 Å². The number of hydrogen-bond acceptors (Lipinski definition) is 3. The van der Waals surface area contributed by atoms with Gasteiger partial charge in [-0.25, -0.2) is 9.59 Å². The summed E-state index contributed by atoms with van der Waals surface area (Å²) in [6.07, 6.45) is 0.622. The highest BCUT2D eigenvalue weighted by molar-refractivity contribution is 5.80. The molecule has 5 heteroatoms. The average Bonchev–Trinajstić information content (AvgIpc) is 2.76. The topological polar surface area (TPSA) is 75.6 Å². The Morgan fingerprint density at radius 3 is 2.19 bits per heavy atom. The molecule has 5 nitrogen and oxygen atoms in total. The number of carboxylic acids is 1. The number of amides is 1. The van der Waals surface area contributed by atoms with Crippen molar-refractivity contribution < 1.29 is 19.4 Å². The summed E-state index contributed by atoms with van der Waals surface area (Å²) < 4.78 is 5.14. The molecule has 0 aromatic heterocycles. The van der Waals surface area contributed by atoms with Crippen LogP contribution in [0.25, 0.3) is 0 Å². The largest absolute Gasteiger partial charge is 0.480 e. The van der Waals surface area contributed by atoms with Crippen molar-refractivity contribution in [2.75, 3.05) is 0 Å². The van der Waals surface area contributed by atoms with E-state index in [4.69, 9.17) is 4.74 Å². The second kappa shape index (κ2) is 5.76. The van der Waals surface area contributed by atoms with Gasteiger partial charge in [0.2, 0.25) is 0 Å². The Kier molecular flexibility index (Phi) is 4.21. The van der Waals surface area contributed by atoms with Crippen molar-refractivity contribution in [3.05, 3.63) is 35.4 Å². The predicted octanol–water partition coefficient (Wildman–Crippen LogP) is 2.38. The van der Waals surface area contributed by atoms with Crippen LogP contribution < -0.4 is 5.32 Å². The molecule has 114 valence electrons. The lowest BCUT2D eigenvalue weighted by Crippen LogP contribution is -2.48. The summed E-state index contributed by atoms with van der Waals surface area (Å²) in [6, 6.07) is 6.95. The van der Waals surface area contributed by atoms with Crippen LogP contribution >= 0.6 is 0 Å². The molecule has 1 aromatic rings. The van der Waals surface area contributed by atoms with E-state index in [2.05, 4.69) is 5.32 Å². The van der Waals surface area contributed by atoms with Crippen molar-refractivity contribution in [2.45, 2.75) is 45.3 Å². The second-order valence-corrected chi connectivity index (χ2v) is 6.40. The Labute approximate surface area is 124 Å². The molecule has 2 N–H and O–H groups in total. The molecule has 21 heavy (non-hydrogen) atoms. The number of carbonyl (C=O) groups is 2. The molecule has 0 heterocycles. The van der Waals surface area contributed by atoms with Gasteiger partial charge in [-0.1, -0.05) is 24.3 Å². The number of alkyl carbamates (subject to hydrolysis) is 1. The highest BCUT2D eigenvalue weighted by Gasteiger charge is 2.35. The predicted molar refractivity (Wildman–Crippen MR) is 78.1 cm³/mol. The molecule has 1 atom stereocenters. The molecule has 0 bridgehead atoms. The fourth-order valence-corrected chi connectivity index (χ4v) is 2.64. The summed E-state index contributed by atoms with van der Waals surface area (Å²) >= 11 is 0. The first-order valence-electron chi connectivity index (χ1n) is 7.05. The zero-order valence-corrected chi connectivity index (χ0v) is 12.6. The maximum atomic E-state index is 11.8. The summed E-state index contributed by atoms with van der Waals surface area (Å²) in [6.45, 7) is 5.23. The van der Waals surface area contributed by atoms with Crippen LogP contribution in [0.15, 0.2) is 24.3 Å². The minimum atomic E-state index is -1.03. The molecule has 1 aromatic carbocycles. The van der Waals surface area contributed by atoms with Gasteiger partial charge in [0, 0.05) is 0 Å². The Morgan fingerprint density at radius 1 is 1.24 bits per heavy atom. The number of carbonyl (C=O) groups excluding carboxylic acids is 1. The van der Waals surface area contributed by atoms with Gasteiger partial charge in [0.25, 0.3) is 0 Å². The molecule has 0 fully saturated rings. The third-order valence-corrected chi connectivity index (χ3v) is 3.49. The molecular formula is C16H21NO4. The second-order valence-electron chi connectivity index (χ2n) is 6.40. The summed E-state index contributed by atoms with van der Waals surface area (Å²) in [5, 5.41) is 11.9. The van der Waals surface area contributed by atoms with E-state index in [1.807, 2.05) is 24.3 Å². The maximum Gasteiger partial charge on any atom is 0.408 e.